The number of carbonyl (C=O) groups is 1. The quantitative estimate of drug-likeness (QED) is 0.222. The second-order valence-corrected chi connectivity index (χ2v) is 10.4. The van der Waals surface area contributed by atoms with Crippen LogP contribution < -0.4 is 15.9 Å². The van der Waals surface area contributed by atoms with Crippen LogP contribution in [0.25, 0.3) is 33.1 Å². The van der Waals surface area contributed by atoms with Gasteiger partial charge in [0.1, 0.15) is 11.2 Å². The minimum absolute atomic E-state index is 0.0119. The summed E-state index contributed by atoms with van der Waals surface area (Å²) in [6.07, 6.45) is -3.55. The Balaban J connectivity index is 1.39. The molecular formula is C27H19F3N2O6S. The molecule has 0 saturated carbocycles. The average molecular weight is 557 g/mol. The molecular weight excluding hydrogens is 537 g/mol. The third kappa shape index (κ3) is 5.16. The van der Waals surface area contributed by atoms with E-state index in [1.165, 1.54) is 0 Å². The largest absolute Gasteiger partial charge is 0.464 e. The van der Waals surface area contributed by atoms with E-state index in [9.17, 15) is 31.2 Å². The minimum atomic E-state index is -4.63. The number of carbonyl (C=O) groups excluding carboxylic acids is 1. The van der Waals surface area contributed by atoms with Gasteiger partial charge in [-0.3, -0.25) is 10.2 Å². The molecule has 1 amide bonds. The van der Waals surface area contributed by atoms with Crippen molar-refractivity contribution in [1.82, 2.24) is 10.3 Å². The molecule has 0 aliphatic heterocycles. The van der Waals surface area contributed by atoms with Crippen LogP contribution in [0.2, 0.25) is 0 Å². The van der Waals surface area contributed by atoms with Crippen LogP contribution in [0, 0.1) is 6.92 Å². The van der Waals surface area contributed by atoms with Crippen LogP contribution in [-0.4, -0.2) is 14.3 Å². The van der Waals surface area contributed by atoms with Crippen molar-refractivity contribution in [2.45, 2.75) is 24.4 Å². The van der Waals surface area contributed by atoms with Crippen molar-refractivity contribution < 1.29 is 35.2 Å². The van der Waals surface area contributed by atoms with Gasteiger partial charge in [-0.15, -0.1) is 4.83 Å². The van der Waals surface area contributed by atoms with E-state index < -0.39 is 44.6 Å². The normalized spacial score (nSPS) is 12.2. The highest BCUT2D eigenvalue weighted by atomic mass is 32.2. The van der Waals surface area contributed by atoms with Crippen LogP contribution in [0.4, 0.5) is 13.2 Å². The summed E-state index contributed by atoms with van der Waals surface area (Å²) >= 11 is 0. The Labute approximate surface area is 219 Å². The van der Waals surface area contributed by atoms with Crippen molar-refractivity contribution >= 4 is 37.9 Å². The predicted octanol–water partition coefficient (Wildman–Crippen LogP) is 5.09. The van der Waals surface area contributed by atoms with E-state index in [0.717, 1.165) is 28.6 Å². The highest BCUT2D eigenvalue weighted by Gasteiger charge is 2.30. The fraction of sp³-hybridized carbons (Fsp3) is 0.111. The summed E-state index contributed by atoms with van der Waals surface area (Å²) in [7, 11) is -4.38. The van der Waals surface area contributed by atoms with Crippen LogP contribution in [0.3, 0.4) is 0 Å². The Morgan fingerprint density at radius 1 is 0.949 bits per heavy atom. The average Bonchev–Trinajstić information content (AvgIpc) is 3.32. The molecule has 0 atom stereocenters. The molecule has 5 rings (SSSR count). The Kier molecular flexibility index (Phi) is 6.52. The maximum atomic E-state index is 12.7. The summed E-state index contributed by atoms with van der Waals surface area (Å²) in [5.74, 6) is -0.880. The lowest BCUT2D eigenvalue weighted by molar-refractivity contribution is -0.137. The molecule has 12 heteroatoms. The van der Waals surface area contributed by atoms with Crippen molar-refractivity contribution in [2.75, 3.05) is 0 Å². The lowest BCUT2D eigenvalue weighted by Gasteiger charge is -2.11. The van der Waals surface area contributed by atoms with Crippen LogP contribution >= 0.6 is 0 Å². The number of aryl methyl sites for hydroxylation is 1. The van der Waals surface area contributed by atoms with Crippen LogP contribution in [0.1, 0.15) is 16.7 Å². The fourth-order valence-corrected chi connectivity index (χ4v) is 5.03. The second-order valence-electron chi connectivity index (χ2n) is 8.71. The number of furan rings is 1. The lowest BCUT2D eigenvalue weighted by Crippen LogP contribution is -2.42. The fourth-order valence-electron chi connectivity index (χ4n) is 4.17. The maximum Gasteiger partial charge on any atom is 0.416 e. The van der Waals surface area contributed by atoms with Gasteiger partial charge in [0.15, 0.2) is 0 Å². The van der Waals surface area contributed by atoms with Crippen molar-refractivity contribution in [3.63, 3.8) is 0 Å². The molecule has 0 radical (unpaired) electrons. The minimum Gasteiger partial charge on any atom is -0.464 e. The van der Waals surface area contributed by atoms with Crippen molar-refractivity contribution in [3.8, 4) is 11.1 Å². The van der Waals surface area contributed by atoms with E-state index in [2.05, 4.69) is 0 Å². The van der Waals surface area contributed by atoms with E-state index in [0.29, 0.717) is 28.7 Å². The number of hydrogen-bond donors (Lipinski definition) is 2. The number of halogens is 3. The molecule has 0 fully saturated rings. The molecule has 8 nitrogen and oxygen atoms in total. The third-order valence-corrected chi connectivity index (χ3v) is 7.48. The van der Waals surface area contributed by atoms with E-state index in [-0.39, 0.29) is 11.1 Å². The molecule has 2 aromatic heterocycles. The molecule has 39 heavy (non-hydrogen) atoms. The zero-order valence-corrected chi connectivity index (χ0v) is 20.9. The number of benzene rings is 3. The van der Waals surface area contributed by atoms with Gasteiger partial charge in [0.2, 0.25) is 5.91 Å². The first-order chi connectivity index (χ1) is 18.4. The second kappa shape index (κ2) is 9.71. The molecule has 0 saturated heterocycles. The van der Waals surface area contributed by atoms with Crippen molar-refractivity contribution in [2.24, 2.45) is 0 Å². The molecule has 0 aliphatic carbocycles. The zero-order valence-electron chi connectivity index (χ0n) is 20.1. The molecule has 0 bridgehead atoms. The number of sulfonamides is 1. The third-order valence-electron chi connectivity index (χ3n) is 6.22. The highest BCUT2D eigenvalue weighted by molar-refractivity contribution is 7.89. The smallest absolute Gasteiger partial charge is 0.416 e. The Hall–Kier alpha value is -4.42. The number of hydrogen-bond acceptors (Lipinski definition) is 6. The number of rotatable bonds is 6. The number of amides is 1. The van der Waals surface area contributed by atoms with Gasteiger partial charge >= 0.3 is 11.8 Å². The molecule has 0 unspecified atom stereocenters. The van der Waals surface area contributed by atoms with Gasteiger partial charge in [0, 0.05) is 22.4 Å². The summed E-state index contributed by atoms with van der Waals surface area (Å²) in [6, 6.07) is 15.7. The van der Waals surface area contributed by atoms with E-state index in [1.807, 2.05) is 40.6 Å². The lowest BCUT2D eigenvalue weighted by atomic mass is 9.99. The Bertz CT molecular complexity index is 1880. The first-order valence-electron chi connectivity index (χ1n) is 11.4. The molecule has 3 aromatic carbocycles. The molecule has 0 spiro atoms. The van der Waals surface area contributed by atoms with Crippen LogP contribution in [-0.2, 0) is 27.4 Å². The van der Waals surface area contributed by atoms with E-state index >= 15 is 0 Å². The summed E-state index contributed by atoms with van der Waals surface area (Å²) in [5, 5.41) is 1.33. The monoisotopic (exact) mass is 556 g/mol. The standard InChI is InChI=1S/C27H19F3N2O6S/c1-15-19-11-21-22(16-5-3-2-4-6-16)14-37-23(21)13-24(19)38-26(34)20(15)12-25(33)31-32-39(35,36)18-9-7-17(8-10-18)27(28,29)30/h2-11,13-14,32H,12H2,1H3,(H,31,33). The van der Waals surface area contributed by atoms with E-state index in [4.69, 9.17) is 8.83 Å². The van der Waals surface area contributed by atoms with Gasteiger partial charge in [-0.1, -0.05) is 30.3 Å². The first-order valence-corrected chi connectivity index (χ1v) is 12.9. The first kappa shape index (κ1) is 26.2. The van der Waals surface area contributed by atoms with Gasteiger partial charge in [-0.05, 0) is 48.4 Å². The molecule has 0 aliphatic rings. The van der Waals surface area contributed by atoms with E-state index in [1.54, 1.807) is 25.3 Å². The number of hydrazine groups is 1. The summed E-state index contributed by atoms with van der Waals surface area (Å²) < 4.78 is 74.1. The van der Waals surface area contributed by atoms with Gasteiger partial charge in [0.05, 0.1) is 28.7 Å². The van der Waals surface area contributed by atoms with Gasteiger partial charge in [0.25, 0.3) is 10.0 Å². The number of fused-ring (bicyclic) bond motifs is 2. The predicted molar refractivity (Wildman–Crippen MR) is 136 cm³/mol. The zero-order chi connectivity index (χ0) is 27.9. The molecule has 5 aromatic rings. The Morgan fingerprint density at radius 2 is 1.64 bits per heavy atom. The summed E-state index contributed by atoms with van der Waals surface area (Å²) in [5.41, 5.74) is 3.16. The Morgan fingerprint density at radius 3 is 2.31 bits per heavy atom. The van der Waals surface area contributed by atoms with Crippen LogP contribution in [0.5, 0.6) is 0 Å². The van der Waals surface area contributed by atoms with Crippen LogP contribution in [0.15, 0.2) is 91.5 Å². The highest BCUT2D eigenvalue weighted by Crippen LogP contribution is 2.34. The van der Waals surface area contributed by atoms with Gasteiger partial charge in [-0.25, -0.2) is 13.2 Å². The van der Waals surface area contributed by atoms with Crippen molar-refractivity contribution in [3.05, 3.63) is 100 Å². The summed E-state index contributed by atoms with van der Waals surface area (Å²) in [4.78, 5) is 26.6. The number of alkyl halides is 3. The molecule has 2 heterocycles. The van der Waals surface area contributed by atoms with Gasteiger partial charge < -0.3 is 8.83 Å². The summed E-state index contributed by atoms with van der Waals surface area (Å²) in [6.45, 7) is 1.64. The molecule has 2 N–H and O–H groups in total. The maximum absolute atomic E-state index is 12.7. The SMILES string of the molecule is Cc1c(CC(=O)NNS(=O)(=O)c2ccc(C(F)(F)F)cc2)c(=O)oc2cc3occ(-c4ccccc4)c3cc12. The topological polar surface area (TPSA) is 119 Å². The van der Waals surface area contributed by atoms with Gasteiger partial charge in [-0.2, -0.15) is 13.2 Å². The van der Waals surface area contributed by atoms with Crippen molar-refractivity contribution in [1.29, 1.82) is 0 Å². The number of nitrogens with one attached hydrogen (secondary N) is 2. The molecule has 200 valence electrons.